The number of hydrogen-bond donors (Lipinski definition) is 0. The molecule has 1 amide bonds. The number of carbonyl (C=O) groups is 2. The van der Waals surface area contributed by atoms with Gasteiger partial charge in [-0.2, -0.15) is 0 Å². The van der Waals surface area contributed by atoms with E-state index in [-0.39, 0.29) is 22.8 Å². The molecule has 2 aliphatic heterocycles. The average Bonchev–Trinajstić information content (AvgIpc) is 3.19. The number of carbonyl (C=O) groups excluding carboxylic acids is 2. The van der Waals surface area contributed by atoms with Gasteiger partial charge in [0.1, 0.15) is 0 Å². The van der Waals surface area contributed by atoms with Crippen LogP contribution in [0.5, 0.6) is 0 Å². The first-order chi connectivity index (χ1) is 16.0. The lowest BCUT2D eigenvalue weighted by atomic mass is 10.1. The predicted molar refractivity (Wildman–Crippen MR) is 127 cm³/mol. The SMILES string of the molecule is COC(=O)c1ccc2c(=O)n(C[C@@H]3CCCO3)c(S[C@@H](C)C(=O)N3CCCCCC3)nc2c1. The van der Waals surface area contributed by atoms with Crippen molar-refractivity contribution in [2.45, 2.75) is 68.5 Å². The summed E-state index contributed by atoms with van der Waals surface area (Å²) < 4.78 is 12.2. The molecule has 0 unspecified atom stereocenters. The zero-order chi connectivity index (χ0) is 23.4. The van der Waals surface area contributed by atoms with Gasteiger partial charge in [0.2, 0.25) is 5.91 Å². The lowest BCUT2D eigenvalue weighted by Crippen LogP contribution is -2.38. The van der Waals surface area contributed by atoms with Crippen molar-refractivity contribution >= 4 is 34.5 Å². The molecule has 9 heteroatoms. The highest BCUT2D eigenvalue weighted by Gasteiger charge is 2.26. The van der Waals surface area contributed by atoms with Crippen LogP contribution in [-0.4, -0.2) is 64.5 Å². The van der Waals surface area contributed by atoms with Gasteiger partial charge in [0.15, 0.2) is 5.16 Å². The number of benzene rings is 1. The van der Waals surface area contributed by atoms with Gasteiger partial charge in [-0.15, -0.1) is 0 Å². The summed E-state index contributed by atoms with van der Waals surface area (Å²) in [5.74, 6) is -0.413. The Morgan fingerprint density at radius 2 is 1.97 bits per heavy atom. The highest BCUT2D eigenvalue weighted by atomic mass is 32.2. The van der Waals surface area contributed by atoms with Crippen molar-refractivity contribution in [3.63, 3.8) is 0 Å². The Morgan fingerprint density at radius 3 is 2.64 bits per heavy atom. The van der Waals surface area contributed by atoms with Crippen molar-refractivity contribution in [2.24, 2.45) is 0 Å². The van der Waals surface area contributed by atoms with E-state index in [4.69, 9.17) is 14.5 Å². The Kier molecular flexibility index (Phi) is 7.70. The molecule has 0 aliphatic carbocycles. The number of fused-ring (bicyclic) bond motifs is 1. The summed E-state index contributed by atoms with van der Waals surface area (Å²) in [6.45, 7) is 4.51. The second-order valence-electron chi connectivity index (χ2n) is 8.67. The first kappa shape index (κ1) is 23.8. The molecule has 4 rings (SSSR count). The molecule has 2 atom stereocenters. The molecule has 0 spiro atoms. The second kappa shape index (κ2) is 10.7. The molecule has 0 bridgehead atoms. The van der Waals surface area contributed by atoms with Crippen LogP contribution in [0.4, 0.5) is 0 Å². The van der Waals surface area contributed by atoms with Gasteiger partial charge in [-0.25, -0.2) is 9.78 Å². The Balaban J connectivity index is 1.68. The van der Waals surface area contributed by atoms with E-state index in [9.17, 15) is 14.4 Å². The zero-order valence-corrected chi connectivity index (χ0v) is 20.1. The molecule has 2 aliphatic rings. The molecule has 1 aromatic heterocycles. The van der Waals surface area contributed by atoms with E-state index in [1.54, 1.807) is 22.8 Å². The fourth-order valence-electron chi connectivity index (χ4n) is 4.45. The summed E-state index contributed by atoms with van der Waals surface area (Å²) in [6, 6.07) is 4.76. The highest BCUT2D eigenvalue weighted by Crippen LogP contribution is 2.26. The van der Waals surface area contributed by atoms with Crippen molar-refractivity contribution in [1.82, 2.24) is 14.5 Å². The molecule has 2 aromatic rings. The number of aromatic nitrogens is 2. The lowest BCUT2D eigenvalue weighted by molar-refractivity contribution is -0.130. The molecular formula is C24H31N3O5S. The van der Waals surface area contributed by atoms with E-state index < -0.39 is 5.97 Å². The quantitative estimate of drug-likeness (QED) is 0.361. The predicted octanol–water partition coefficient (Wildman–Crippen LogP) is 3.25. The maximum Gasteiger partial charge on any atom is 0.337 e. The number of rotatable bonds is 6. The topological polar surface area (TPSA) is 90.7 Å². The van der Waals surface area contributed by atoms with E-state index in [0.29, 0.717) is 34.8 Å². The third-order valence-electron chi connectivity index (χ3n) is 6.30. The third kappa shape index (κ3) is 5.41. The minimum Gasteiger partial charge on any atom is -0.465 e. The summed E-state index contributed by atoms with van der Waals surface area (Å²) in [7, 11) is 1.32. The first-order valence-electron chi connectivity index (χ1n) is 11.7. The molecule has 2 fully saturated rings. The Bertz CT molecular complexity index is 1070. The molecule has 178 valence electrons. The minimum atomic E-state index is -0.485. The van der Waals surface area contributed by atoms with E-state index >= 15 is 0 Å². The normalized spacial score (nSPS) is 19.9. The lowest BCUT2D eigenvalue weighted by Gasteiger charge is -2.24. The third-order valence-corrected chi connectivity index (χ3v) is 7.38. The molecule has 33 heavy (non-hydrogen) atoms. The van der Waals surface area contributed by atoms with Crippen LogP contribution in [0, 0.1) is 0 Å². The number of methoxy groups -OCH3 is 1. The van der Waals surface area contributed by atoms with Crippen molar-refractivity contribution in [3.8, 4) is 0 Å². The number of hydrogen-bond acceptors (Lipinski definition) is 7. The monoisotopic (exact) mass is 473 g/mol. The fourth-order valence-corrected chi connectivity index (χ4v) is 5.45. The molecule has 3 heterocycles. The zero-order valence-electron chi connectivity index (χ0n) is 19.2. The maximum atomic E-state index is 13.4. The van der Waals surface area contributed by atoms with Crippen molar-refractivity contribution < 1.29 is 19.1 Å². The number of nitrogens with zero attached hydrogens (tertiary/aromatic N) is 3. The van der Waals surface area contributed by atoms with Crippen LogP contribution < -0.4 is 5.56 Å². The fraction of sp³-hybridized carbons (Fsp3) is 0.583. The Hall–Kier alpha value is -2.39. The van der Waals surface area contributed by atoms with Crippen molar-refractivity contribution in [2.75, 3.05) is 26.8 Å². The van der Waals surface area contributed by atoms with E-state index in [0.717, 1.165) is 51.6 Å². The van der Waals surface area contributed by atoms with Crippen LogP contribution >= 0.6 is 11.8 Å². The van der Waals surface area contributed by atoms with Gasteiger partial charge in [-0.1, -0.05) is 24.6 Å². The number of ether oxygens (including phenoxy) is 2. The van der Waals surface area contributed by atoms with Crippen LogP contribution in [0.3, 0.4) is 0 Å². The van der Waals surface area contributed by atoms with Gasteiger partial charge in [0.05, 0.1) is 41.5 Å². The van der Waals surface area contributed by atoms with Crippen LogP contribution in [-0.2, 0) is 20.8 Å². The summed E-state index contributed by atoms with van der Waals surface area (Å²) >= 11 is 1.30. The molecule has 1 aromatic carbocycles. The van der Waals surface area contributed by atoms with Crippen molar-refractivity contribution in [1.29, 1.82) is 0 Å². The first-order valence-corrected chi connectivity index (χ1v) is 12.6. The van der Waals surface area contributed by atoms with Gasteiger partial charge in [0, 0.05) is 19.7 Å². The standard InChI is InChI=1S/C24H31N3O5S/c1-16(21(28)26-11-5-3-4-6-12-26)33-24-25-20-14-17(23(30)31-2)9-10-19(20)22(29)27(24)15-18-8-7-13-32-18/h9-10,14,16,18H,3-8,11-13,15H2,1-2H3/t16-,18-/m0/s1. The van der Waals surface area contributed by atoms with E-state index in [2.05, 4.69) is 0 Å². The van der Waals surface area contributed by atoms with Crippen LogP contribution in [0.1, 0.15) is 55.8 Å². The minimum absolute atomic E-state index is 0.0488. The molecule has 8 nitrogen and oxygen atoms in total. The largest absolute Gasteiger partial charge is 0.465 e. The molecule has 0 saturated carbocycles. The van der Waals surface area contributed by atoms with Crippen molar-refractivity contribution in [3.05, 3.63) is 34.1 Å². The van der Waals surface area contributed by atoms with Gasteiger partial charge >= 0.3 is 5.97 Å². The van der Waals surface area contributed by atoms with Gasteiger partial charge in [-0.3, -0.25) is 14.2 Å². The van der Waals surface area contributed by atoms with E-state index in [1.807, 2.05) is 11.8 Å². The molecule has 0 radical (unpaired) electrons. The smallest absolute Gasteiger partial charge is 0.337 e. The van der Waals surface area contributed by atoms with E-state index in [1.165, 1.54) is 18.9 Å². The van der Waals surface area contributed by atoms with Gasteiger partial charge in [-0.05, 0) is 50.8 Å². The second-order valence-corrected chi connectivity index (χ2v) is 9.98. The Labute approximate surface area is 197 Å². The number of amides is 1. The summed E-state index contributed by atoms with van der Waals surface area (Å²) in [5, 5.41) is 0.518. The molecule has 0 N–H and O–H groups in total. The summed E-state index contributed by atoms with van der Waals surface area (Å²) in [4.78, 5) is 45.2. The van der Waals surface area contributed by atoms with Crippen LogP contribution in [0.2, 0.25) is 0 Å². The van der Waals surface area contributed by atoms with Gasteiger partial charge < -0.3 is 14.4 Å². The summed E-state index contributed by atoms with van der Waals surface area (Å²) in [5.41, 5.74) is 0.561. The molecule has 2 saturated heterocycles. The van der Waals surface area contributed by atoms with Gasteiger partial charge in [0.25, 0.3) is 5.56 Å². The van der Waals surface area contributed by atoms with Crippen LogP contribution in [0.25, 0.3) is 10.9 Å². The summed E-state index contributed by atoms with van der Waals surface area (Å²) in [6.07, 6.45) is 6.16. The number of likely N-dealkylation sites (tertiary alicyclic amines) is 1. The molecular weight excluding hydrogens is 442 g/mol. The number of esters is 1. The maximum absolute atomic E-state index is 13.4. The van der Waals surface area contributed by atoms with Crippen LogP contribution in [0.15, 0.2) is 28.2 Å². The number of thioether (sulfide) groups is 1. The average molecular weight is 474 g/mol. The highest BCUT2D eigenvalue weighted by molar-refractivity contribution is 8.00. The Morgan fingerprint density at radius 1 is 1.21 bits per heavy atom.